The van der Waals surface area contributed by atoms with Crippen LogP contribution in [-0.4, -0.2) is 30.4 Å². The maximum absolute atomic E-state index is 12.6. The Morgan fingerprint density at radius 2 is 2.00 bits per heavy atom. The average Bonchev–Trinajstić information content (AvgIpc) is 2.87. The third kappa shape index (κ3) is 3.28. The Morgan fingerprint density at radius 3 is 2.53 bits per heavy atom. The van der Waals surface area contributed by atoms with Gasteiger partial charge in [-0.3, -0.25) is 4.79 Å². The third-order valence-electron chi connectivity index (χ3n) is 3.94. The van der Waals surface area contributed by atoms with Crippen molar-refractivity contribution in [3.63, 3.8) is 0 Å². The molecule has 3 nitrogen and oxygen atoms in total. The summed E-state index contributed by atoms with van der Waals surface area (Å²) in [5.41, 5.74) is 6.30. The zero-order valence-electron chi connectivity index (χ0n) is 11.6. The van der Waals surface area contributed by atoms with E-state index in [1.54, 1.807) is 0 Å². The van der Waals surface area contributed by atoms with Gasteiger partial charge in [0.2, 0.25) is 5.91 Å². The molecule has 4 heteroatoms. The summed E-state index contributed by atoms with van der Waals surface area (Å²) < 4.78 is 0. The van der Waals surface area contributed by atoms with Crippen LogP contribution in [0.4, 0.5) is 0 Å². The van der Waals surface area contributed by atoms with Crippen molar-refractivity contribution in [2.75, 3.05) is 19.6 Å². The minimum atomic E-state index is -0.454. The molecule has 1 aromatic carbocycles. The van der Waals surface area contributed by atoms with Gasteiger partial charge in [-0.05, 0) is 38.3 Å². The number of halogens is 1. The second kappa shape index (κ2) is 6.40. The molecule has 2 N–H and O–H groups in total. The van der Waals surface area contributed by atoms with Crippen LogP contribution in [0.2, 0.25) is 0 Å². The molecule has 0 bridgehead atoms. The van der Waals surface area contributed by atoms with Crippen molar-refractivity contribution in [3.8, 4) is 0 Å². The molecule has 0 aliphatic carbocycles. The van der Waals surface area contributed by atoms with Crippen LogP contribution < -0.4 is 5.73 Å². The third-order valence-corrected chi connectivity index (χ3v) is 3.94. The van der Waals surface area contributed by atoms with Gasteiger partial charge in [0, 0.05) is 13.1 Å². The van der Waals surface area contributed by atoms with Gasteiger partial charge in [0.15, 0.2) is 0 Å². The van der Waals surface area contributed by atoms with Gasteiger partial charge in [-0.1, -0.05) is 30.3 Å². The number of nitrogens with two attached hydrogens (primary N) is 1. The fourth-order valence-corrected chi connectivity index (χ4v) is 2.58. The smallest absolute Gasteiger partial charge is 0.232 e. The number of hydrogen-bond acceptors (Lipinski definition) is 2. The van der Waals surface area contributed by atoms with Gasteiger partial charge in [-0.25, -0.2) is 0 Å². The summed E-state index contributed by atoms with van der Waals surface area (Å²) in [5.74, 6) is 0.685. The SMILES string of the molecule is CC(C)(C(=O)N1CCC(CN)C1)c1ccccc1.Cl. The second-order valence-corrected chi connectivity index (χ2v) is 5.63. The maximum atomic E-state index is 12.6. The van der Waals surface area contributed by atoms with Crippen LogP contribution in [0.25, 0.3) is 0 Å². The number of carbonyl (C=O) groups excluding carboxylic acids is 1. The fourth-order valence-electron chi connectivity index (χ4n) is 2.58. The lowest BCUT2D eigenvalue weighted by atomic mass is 9.83. The van der Waals surface area contributed by atoms with E-state index in [1.807, 2.05) is 49.1 Å². The van der Waals surface area contributed by atoms with Gasteiger partial charge in [0.25, 0.3) is 0 Å². The van der Waals surface area contributed by atoms with Gasteiger partial charge in [-0.2, -0.15) is 0 Å². The molecule has 0 spiro atoms. The van der Waals surface area contributed by atoms with Gasteiger partial charge in [0.1, 0.15) is 0 Å². The maximum Gasteiger partial charge on any atom is 0.232 e. The number of carbonyl (C=O) groups is 1. The summed E-state index contributed by atoms with van der Waals surface area (Å²) in [6.45, 7) is 6.33. The zero-order chi connectivity index (χ0) is 13.2. The molecule has 1 aliphatic heterocycles. The molecule has 0 radical (unpaired) electrons. The Balaban J connectivity index is 0.00000180. The standard InChI is InChI=1S/C15H22N2O.ClH/c1-15(2,13-6-4-3-5-7-13)14(18)17-9-8-12(10-16)11-17;/h3-7,12H,8-11,16H2,1-2H3;1H. The molecule has 1 aromatic rings. The van der Waals surface area contributed by atoms with Crippen LogP contribution in [0.3, 0.4) is 0 Å². The Bertz CT molecular complexity index is 419. The summed E-state index contributed by atoms with van der Waals surface area (Å²) in [6.07, 6.45) is 1.03. The largest absolute Gasteiger partial charge is 0.342 e. The number of hydrogen-bond donors (Lipinski definition) is 1. The highest BCUT2D eigenvalue weighted by Crippen LogP contribution is 2.28. The highest BCUT2D eigenvalue weighted by Gasteiger charge is 2.36. The topological polar surface area (TPSA) is 46.3 Å². The number of rotatable bonds is 3. The van der Waals surface area contributed by atoms with Crippen molar-refractivity contribution in [2.45, 2.75) is 25.7 Å². The molecule has 106 valence electrons. The Morgan fingerprint density at radius 1 is 1.37 bits per heavy atom. The van der Waals surface area contributed by atoms with Crippen LogP contribution in [-0.2, 0) is 10.2 Å². The quantitative estimate of drug-likeness (QED) is 0.924. The van der Waals surface area contributed by atoms with E-state index >= 15 is 0 Å². The van der Waals surface area contributed by atoms with E-state index in [2.05, 4.69) is 0 Å². The van der Waals surface area contributed by atoms with Gasteiger partial charge >= 0.3 is 0 Å². The molecule has 1 unspecified atom stereocenters. The van der Waals surface area contributed by atoms with Crippen LogP contribution in [0, 0.1) is 5.92 Å². The predicted octanol–water partition coefficient (Wildman–Crippen LogP) is 2.19. The highest BCUT2D eigenvalue weighted by atomic mass is 35.5. The Hall–Kier alpha value is -1.06. The van der Waals surface area contributed by atoms with Gasteiger partial charge in [-0.15, -0.1) is 12.4 Å². The van der Waals surface area contributed by atoms with Crippen LogP contribution in [0.15, 0.2) is 30.3 Å². The number of benzene rings is 1. The van der Waals surface area contributed by atoms with Gasteiger partial charge < -0.3 is 10.6 Å². The molecule has 1 aliphatic rings. The molecular formula is C15H23ClN2O. The monoisotopic (exact) mass is 282 g/mol. The molecule has 19 heavy (non-hydrogen) atoms. The molecule has 1 saturated heterocycles. The lowest BCUT2D eigenvalue weighted by molar-refractivity contribution is -0.135. The molecule has 1 atom stereocenters. The van der Waals surface area contributed by atoms with Gasteiger partial charge in [0.05, 0.1) is 5.41 Å². The summed E-state index contributed by atoms with van der Waals surface area (Å²) in [4.78, 5) is 14.6. The number of likely N-dealkylation sites (tertiary alicyclic amines) is 1. The first kappa shape index (κ1) is 16.0. The first-order valence-electron chi connectivity index (χ1n) is 6.60. The second-order valence-electron chi connectivity index (χ2n) is 5.63. The average molecular weight is 283 g/mol. The van der Waals surface area contributed by atoms with Crippen molar-refractivity contribution >= 4 is 18.3 Å². The van der Waals surface area contributed by atoms with E-state index in [0.717, 1.165) is 25.1 Å². The molecule has 0 aromatic heterocycles. The highest BCUT2D eigenvalue weighted by molar-refractivity contribution is 5.87. The molecular weight excluding hydrogens is 260 g/mol. The molecule has 1 amide bonds. The summed E-state index contributed by atoms with van der Waals surface area (Å²) >= 11 is 0. The minimum Gasteiger partial charge on any atom is -0.342 e. The minimum absolute atomic E-state index is 0. The van der Waals surface area contributed by atoms with Crippen molar-refractivity contribution < 1.29 is 4.79 Å². The van der Waals surface area contributed by atoms with E-state index in [4.69, 9.17) is 5.73 Å². The first-order chi connectivity index (χ1) is 8.55. The van der Waals surface area contributed by atoms with E-state index in [1.165, 1.54) is 0 Å². The van der Waals surface area contributed by atoms with E-state index in [0.29, 0.717) is 12.5 Å². The lowest BCUT2D eigenvalue weighted by Crippen LogP contribution is -2.42. The fraction of sp³-hybridized carbons (Fsp3) is 0.533. The molecule has 1 fully saturated rings. The molecule has 0 saturated carbocycles. The predicted molar refractivity (Wildman–Crippen MR) is 80.5 cm³/mol. The lowest BCUT2D eigenvalue weighted by Gasteiger charge is -2.29. The van der Waals surface area contributed by atoms with E-state index < -0.39 is 5.41 Å². The van der Waals surface area contributed by atoms with Crippen molar-refractivity contribution in [1.82, 2.24) is 4.90 Å². The zero-order valence-corrected chi connectivity index (χ0v) is 12.5. The Kier molecular flexibility index (Phi) is 5.39. The van der Waals surface area contributed by atoms with E-state index in [-0.39, 0.29) is 18.3 Å². The Labute approximate surface area is 121 Å². The summed E-state index contributed by atoms with van der Waals surface area (Å²) in [6, 6.07) is 9.99. The summed E-state index contributed by atoms with van der Waals surface area (Å²) in [5, 5.41) is 0. The summed E-state index contributed by atoms with van der Waals surface area (Å²) in [7, 11) is 0. The normalized spacial score (nSPS) is 19.1. The van der Waals surface area contributed by atoms with Crippen molar-refractivity contribution in [3.05, 3.63) is 35.9 Å². The van der Waals surface area contributed by atoms with Crippen LogP contribution >= 0.6 is 12.4 Å². The molecule has 2 rings (SSSR count). The van der Waals surface area contributed by atoms with Crippen LogP contribution in [0.1, 0.15) is 25.8 Å². The van der Waals surface area contributed by atoms with Crippen molar-refractivity contribution in [2.24, 2.45) is 11.7 Å². The van der Waals surface area contributed by atoms with Crippen molar-refractivity contribution in [1.29, 1.82) is 0 Å². The number of amides is 1. The first-order valence-corrected chi connectivity index (χ1v) is 6.60. The van der Waals surface area contributed by atoms with E-state index in [9.17, 15) is 4.79 Å². The molecule has 1 heterocycles. The van der Waals surface area contributed by atoms with Crippen LogP contribution in [0.5, 0.6) is 0 Å². The number of nitrogens with zero attached hydrogens (tertiary/aromatic N) is 1.